The first kappa shape index (κ1) is 19.3. The number of carbonyl (C=O) groups is 5. The molecule has 1 aromatic rings. The third kappa shape index (κ3) is 3.80. The van der Waals surface area contributed by atoms with E-state index in [9.17, 15) is 24.0 Å². The number of piperidine rings is 1. The van der Waals surface area contributed by atoms with Crippen molar-refractivity contribution in [3.63, 3.8) is 0 Å². The van der Waals surface area contributed by atoms with Gasteiger partial charge in [0.2, 0.25) is 11.8 Å². The number of nitrogens with zero attached hydrogens (tertiary/aromatic N) is 1. The number of hydrogen-bond acceptors (Lipinski definition) is 6. The number of fused-ring (bicyclic) bond motifs is 1. The lowest BCUT2D eigenvalue weighted by Gasteiger charge is -2.27. The molecule has 1 atom stereocenters. The summed E-state index contributed by atoms with van der Waals surface area (Å²) in [5.74, 6) is -2.08. The van der Waals surface area contributed by atoms with Crippen LogP contribution in [0.15, 0.2) is 18.2 Å². The molecule has 3 N–H and O–H groups in total. The van der Waals surface area contributed by atoms with E-state index < -0.39 is 35.8 Å². The molecule has 148 valence electrons. The number of unbranched alkanes of at least 4 members (excludes halogenated alkanes) is 1. The second kappa shape index (κ2) is 8.07. The van der Waals surface area contributed by atoms with Gasteiger partial charge in [0.15, 0.2) is 0 Å². The Bertz CT molecular complexity index is 852. The molecule has 1 fully saturated rings. The average molecular weight is 389 g/mol. The van der Waals surface area contributed by atoms with E-state index in [4.69, 9.17) is 9.84 Å². The quantitative estimate of drug-likeness (QED) is 0.456. The molecule has 0 aromatic heterocycles. The molecule has 2 aliphatic heterocycles. The Morgan fingerprint density at radius 3 is 2.71 bits per heavy atom. The molecule has 10 nitrogen and oxygen atoms in total. The van der Waals surface area contributed by atoms with Crippen molar-refractivity contribution in [1.82, 2.24) is 15.5 Å². The Morgan fingerprint density at radius 2 is 2.00 bits per heavy atom. The largest absolute Gasteiger partial charge is 0.493 e. The Labute approximate surface area is 159 Å². The van der Waals surface area contributed by atoms with Crippen LogP contribution in [0.3, 0.4) is 0 Å². The fourth-order valence-corrected chi connectivity index (χ4v) is 3.21. The van der Waals surface area contributed by atoms with Gasteiger partial charge in [-0.3, -0.25) is 29.4 Å². The summed E-state index contributed by atoms with van der Waals surface area (Å²) in [7, 11) is 0. The molecule has 0 spiro atoms. The van der Waals surface area contributed by atoms with Gasteiger partial charge < -0.3 is 15.2 Å². The summed E-state index contributed by atoms with van der Waals surface area (Å²) in [5.41, 5.74) is 0.251. The average Bonchev–Trinajstić information content (AvgIpc) is 2.90. The van der Waals surface area contributed by atoms with E-state index in [1.54, 1.807) is 12.1 Å². The first-order chi connectivity index (χ1) is 13.4. The van der Waals surface area contributed by atoms with Crippen LogP contribution in [0.4, 0.5) is 4.79 Å². The van der Waals surface area contributed by atoms with E-state index in [1.165, 1.54) is 6.07 Å². The summed E-state index contributed by atoms with van der Waals surface area (Å²) >= 11 is 0. The summed E-state index contributed by atoms with van der Waals surface area (Å²) in [6.07, 6.45) is 0.138. The molecule has 5 amide bonds. The topological polar surface area (TPSA) is 142 Å². The molecule has 1 saturated heterocycles. The molecular weight excluding hydrogens is 370 g/mol. The fourth-order valence-electron chi connectivity index (χ4n) is 3.21. The maximum atomic E-state index is 12.8. The summed E-state index contributed by atoms with van der Waals surface area (Å²) in [6.45, 7) is 0.518. The second-order valence-corrected chi connectivity index (χ2v) is 6.41. The highest BCUT2D eigenvalue weighted by molar-refractivity contribution is 6.24. The van der Waals surface area contributed by atoms with Gasteiger partial charge in [-0.2, -0.15) is 0 Å². The molecule has 2 aliphatic rings. The minimum Gasteiger partial charge on any atom is -0.493 e. The number of rotatable bonds is 7. The van der Waals surface area contributed by atoms with Crippen molar-refractivity contribution in [3.8, 4) is 5.75 Å². The van der Waals surface area contributed by atoms with E-state index in [0.29, 0.717) is 12.8 Å². The van der Waals surface area contributed by atoms with Crippen LogP contribution in [-0.2, 0) is 9.59 Å². The van der Waals surface area contributed by atoms with Crippen LogP contribution in [0, 0.1) is 0 Å². The van der Waals surface area contributed by atoms with E-state index in [0.717, 1.165) is 4.90 Å². The lowest BCUT2D eigenvalue weighted by atomic mass is 10.0. The number of imide groups is 2. The zero-order chi connectivity index (χ0) is 20.3. The smallest absolute Gasteiger partial charge is 0.404 e. The Hall–Kier alpha value is -3.43. The number of benzene rings is 1. The van der Waals surface area contributed by atoms with E-state index in [1.807, 2.05) is 0 Å². The highest BCUT2D eigenvalue weighted by Gasteiger charge is 2.45. The molecule has 0 bridgehead atoms. The molecule has 0 aliphatic carbocycles. The summed E-state index contributed by atoms with van der Waals surface area (Å²) in [6, 6.07) is 3.61. The lowest BCUT2D eigenvalue weighted by Crippen LogP contribution is -2.54. The minimum atomic E-state index is -1.10. The van der Waals surface area contributed by atoms with E-state index >= 15 is 0 Å². The van der Waals surface area contributed by atoms with Crippen molar-refractivity contribution >= 4 is 29.7 Å². The van der Waals surface area contributed by atoms with Gasteiger partial charge in [0.1, 0.15) is 11.8 Å². The molecule has 0 radical (unpaired) electrons. The van der Waals surface area contributed by atoms with Gasteiger partial charge in [0, 0.05) is 13.0 Å². The van der Waals surface area contributed by atoms with Gasteiger partial charge in [-0.05, 0) is 31.4 Å². The van der Waals surface area contributed by atoms with Crippen molar-refractivity contribution in [1.29, 1.82) is 0 Å². The van der Waals surface area contributed by atoms with Crippen molar-refractivity contribution in [2.24, 2.45) is 0 Å². The molecule has 10 heteroatoms. The zero-order valence-corrected chi connectivity index (χ0v) is 14.9. The van der Waals surface area contributed by atoms with Crippen molar-refractivity contribution in [2.75, 3.05) is 13.2 Å². The van der Waals surface area contributed by atoms with E-state index in [2.05, 4.69) is 10.6 Å². The second-order valence-electron chi connectivity index (χ2n) is 6.41. The van der Waals surface area contributed by atoms with Crippen LogP contribution >= 0.6 is 0 Å². The molecule has 3 rings (SSSR count). The fraction of sp³-hybridized carbons (Fsp3) is 0.389. The maximum absolute atomic E-state index is 12.8. The van der Waals surface area contributed by atoms with Crippen LogP contribution in [0.1, 0.15) is 46.4 Å². The van der Waals surface area contributed by atoms with Crippen molar-refractivity contribution in [2.45, 2.75) is 31.7 Å². The first-order valence-corrected chi connectivity index (χ1v) is 8.84. The zero-order valence-electron chi connectivity index (χ0n) is 14.9. The van der Waals surface area contributed by atoms with Gasteiger partial charge in [-0.15, -0.1) is 0 Å². The molecule has 2 heterocycles. The molecular formula is C18H19N3O7. The van der Waals surface area contributed by atoms with Crippen LogP contribution in [0.2, 0.25) is 0 Å². The summed E-state index contributed by atoms with van der Waals surface area (Å²) in [5, 5.41) is 12.9. The van der Waals surface area contributed by atoms with E-state index in [-0.39, 0.29) is 42.9 Å². The molecule has 1 aromatic carbocycles. The number of amides is 5. The van der Waals surface area contributed by atoms with Gasteiger partial charge in [0.25, 0.3) is 11.8 Å². The van der Waals surface area contributed by atoms with Crippen molar-refractivity contribution < 1.29 is 33.8 Å². The maximum Gasteiger partial charge on any atom is 0.404 e. The predicted molar refractivity (Wildman–Crippen MR) is 93.9 cm³/mol. The number of carboxylic acid groups (broad SMARTS) is 1. The SMILES string of the molecule is O=C(O)NCCCCOc1cccc2c1C(=O)N(C1CCC(=O)NC1=O)C2=O. The number of nitrogens with one attached hydrogen (secondary N) is 2. The van der Waals surface area contributed by atoms with Crippen molar-refractivity contribution in [3.05, 3.63) is 29.3 Å². The normalized spacial score (nSPS) is 18.7. The highest BCUT2D eigenvalue weighted by Crippen LogP contribution is 2.33. The third-order valence-electron chi connectivity index (χ3n) is 4.53. The van der Waals surface area contributed by atoms with Gasteiger partial charge >= 0.3 is 6.09 Å². The Kier molecular flexibility index (Phi) is 5.57. The Balaban J connectivity index is 1.69. The summed E-state index contributed by atoms with van der Waals surface area (Å²) in [4.78, 5) is 60.2. The standard InChI is InChI=1S/C18H19N3O7/c22-13-7-6-11(15(23)20-13)21-16(24)10-4-3-5-12(14(10)17(21)25)28-9-2-1-8-19-18(26)27/h3-5,11,19H,1-2,6-9H2,(H,26,27)(H,20,22,23). The van der Waals surface area contributed by atoms with Crippen LogP contribution in [0.25, 0.3) is 0 Å². The minimum absolute atomic E-state index is 0.0531. The van der Waals surface area contributed by atoms with Crippen LogP contribution < -0.4 is 15.4 Å². The third-order valence-corrected chi connectivity index (χ3v) is 4.53. The highest BCUT2D eigenvalue weighted by atomic mass is 16.5. The number of carbonyl (C=O) groups excluding carboxylic acids is 4. The monoisotopic (exact) mass is 389 g/mol. The lowest BCUT2D eigenvalue weighted by molar-refractivity contribution is -0.136. The first-order valence-electron chi connectivity index (χ1n) is 8.84. The summed E-state index contributed by atoms with van der Waals surface area (Å²) < 4.78 is 5.62. The number of ether oxygens (including phenoxy) is 1. The number of hydrogen-bond donors (Lipinski definition) is 3. The van der Waals surface area contributed by atoms with Gasteiger partial charge in [-0.1, -0.05) is 6.07 Å². The Morgan fingerprint density at radius 1 is 1.21 bits per heavy atom. The van der Waals surface area contributed by atoms with Gasteiger partial charge in [0.05, 0.1) is 17.7 Å². The van der Waals surface area contributed by atoms with Gasteiger partial charge in [-0.25, -0.2) is 4.79 Å². The molecule has 28 heavy (non-hydrogen) atoms. The molecule has 1 unspecified atom stereocenters. The molecule has 0 saturated carbocycles. The predicted octanol–water partition coefficient (Wildman–Crippen LogP) is 0.514. The van der Waals surface area contributed by atoms with Crippen LogP contribution in [-0.4, -0.2) is 58.9 Å². The van der Waals surface area contributed by atoms with Crippen LogP contribution in [0.5, 0.6) is 5.75 Å².